The van der Waals surface area contributed by atoms with Crippen LogP contribution in [0.25, 0.3) is 0 Å². The topological polar surface area (TPSA) is 73.1 Å². The highest BCUT2D eigenvalue weighted by Gasteiger charge is 2.10. The second kappa shape index (κ2) is 6.06. The Bertz CT molecular complexity index is 736. The molecule has 0 saturated heterocycles. The predicted octanol–water partition coefficient (Wildman–Crippen LogP) is 3.32. The molecule has 2 aromatic rings. The van der Waals surface area contributed by atoms with Gasteiger partial charge in [0, 0.05) is 12.2 Å². The van der Waals surface area contributed by atoms with Gasteiger partial charge in [-0.05, 0) is 42.3 Å². The van der Waals surface area contributed by atoms with Crippen LogP contribution < -0.4 is 5.32 Å². The van der Waals surface area contributed by atoms with Gasteiger partial charge in [-0.25, -0.2) is 9.18 Å². The summed E-state index contributed by atoms with van der Waals surface area (Å²) < 4.78 is 13.6. The van der Waals surface area contributed by atoms with Gasteiger partial charge >= 0.3 is 5.97 Å². The standard InChI is InChI=1S/C16H13FN2O2/c1-10-2-3-11(8-18)7-15(10)19-9-12-4-5-13(16(20)21)14(17)6-12/h2-7,19H,9H2,1H3,(H,20,21). The molecule has 0 aliphatic carbocycles. The molecule has 21 heavy (non-hydrogen) atoms. The summed E-state index contributed by atoms with van der Waals surface area (Å²) in [6, 6.07) is 11.3. The van der Waals surface area contributed by atoms with Crippen molar-refractivity contribution < 1.29 is 14.3 Å². The number of nitrogens with zero attached hydrogens (tertiary/aromatic N) is 1. The van der Waals surface area contributed by atoms with E-state index < -0.39 is 11.8 Å². The van der Waals surface area contributed by atoms with Gasteiger partial charge in [-0.1, -0.05) is 12.1 Å². The molecule has 0 saturated carbocycles. The van der Waals surface area contributed by atoms with Crippen LogP contribution in [0.5, 0.6) is 0 Å². The van der Waals surface area contributed by atoms with Crippen LogP contribution in [0.15, 0.2) is 36.4 Å². The molecule has 5 heteroatoms. The lowest BCUT2D eigenvalue weighted by Gasteiger charge is -2.10. The maximum Gasteiger partial charge on any atom is 0.338 e. The summed E-state index contributed by atoms with van der Waals surface area (Å²) in [4.78, 5) is 10.7. The monoisotopic (exact) mass is 284 g/mol. The molecule has 0 aliphatic rings. The van der Waals surface area contributed by atoms with Crippen LogP contribution in [0.2, 0.25) is 0 Å². The molecule has 0 spiro atoms. The zero-order valence-electron chi connectivity index (χ0n) is 11.4. The Hall–Kier alpha value is -2.87. The molecule has 106 valence electrons. The van der Waals surface area contributed by atoms with E-state index in [-0.39, 0.29) is 5.56 Å². The second-order valence-corrected chi connectivity index (χ2v) is 4.61. The average Bonchev–Trinajstić information content (AvgIpc) is 2.46. The first-order chi connectivity index (χ1) is 10.0. The number of hydrogen-bond acceptors (Lipinski definition) is 3. The van der Waals surface area contributed by atoms with Crippen LogP contribution in [-0.4, -0.2) is 11.1 Å². The van der Waals surface area contributed by atoms with Crippen LogP contribution in [0.3, 0.4) is 0 Å². The Labute approximate surface area is 121 Å². The molecule has 0 amide bonds. The van der Waals surface area contributed by atoms with Crippen molar-refractivity contribution in [2.75, 3.05) is 5.32 Å². The number of hydrogen-bond donors (Lipinski definition) is 2. The molecule has 0 bridgehead atoms. The minimum Gasteiger partial charge on any atom is -0.478 e. The Kier molecular flexibility index (Phi) is 4.19. The number of anilines is 1. The molecular weight excluding hydrogens is 271 g/mol. The van der Waals surface area contributed by atoms with Crippen molar-refractivity contribution in [1.82, 2.24) is 0 Å². The van der Waals surface area contributed by atoms with Crippen LogP contribution in [0.1, 0.15) is 27.0 Å². The normalized spacial score (nSPS) is 9.95. The smallest absolute Gasteiger partial charge is 0.338 e. The van der Waals surface area contributed by atoms with E-state index in [2.05, 4.69) is 11.4 Å². The number of carbonyl (C=O) groups is 1. The quantitative estimate of drug-likeness (QED) is 0.903. The fraction of sp³-hybridized carbons (Fsp3) is 0.125. The minimum atomic E-state index is -1.29. The summed E-state index contributed by atoms with van der Waals surface area (Å²) in [5.41, 5.74) is 2.57. The number of rotatable bonds is 4. The summed E-state index contributed by atoms with van der Waals surface area (Å²) in [5, 5.41) is 20.8. The van der Waals surface area contributed by atoms with E-state index in [0.717, 1.165) is 11.3 Å². The number of carboxylic acid groups (broad SMARTS) is 1. The highest BCUT2D eigenvalue weighted by Crippen LogP contribution is 2.18. The fourth-order valence-electron chi connectivity index (χ4n) is 1.92. The molecule has 0 unspecified atom stereocenters. The van der Waals surface area contributed by atoms with Crippen LogP contribution in [0.4, 0.5) is 10.1 Å². The number of aromatic carboxylic acids is 1. The summed E-state index contributed by atoms with van der Waals surface area (Å²) in [6.07, 6.45) is 0. The van der Waals surface area contributed by atoms with E-state index in [0.29, 0.717) is 17.7 Å². The maximum atomic E-state index is 13.6. The van der Waals surface area contributed by atoms with E-state index in [9.17, 15) is 9.18 Å². The number of aryl methyl sites for hydroxylation is 1. The number of benzene rings is 2. The van der Waals surface area contributed by atoms with Crippen molar-refractivity contribution in [2.45, 2.75) is 13.5 Å². The summed E-state index contributed by atoms with van der Waals surface area (Å²) in [7, 11) is 0. The van der Waals surface area contributed by atoms with Gasteiger partial charge < -0.3 is 10.4 Å². The van der Waals surface area contributed by atoms with Crippen LogP contribution in [0, 0.1) is 24.1 Å². The van der Waals surface area contributed by atoms with E-state index in [1.54, 1.807) is 18.2 Å². The largest absolute Gasteiger partial charge is 0.478 e. The predicted molar refractivity (Wildman–Crippen MR) is 76.6 cm³/mol. The van der Waals surface area contributed by atoms with Gasteiger partial charge in [-0.3, -0.25) is 0 Å². The zero-order chi connectivity index (χ0) is 15.4. The highest BCUT2D eigenvalue weighted by molar-refractivity contribution is 5.87. The third-order valence-electron chi connectivity index (χ3n) is 3.11. The summed E-state index contributed by atoms with van der Waals surface area (Å²) >= 11 is 0. The molecule has 0 aliphatic heterocycles. The van der Waals surface area contributed by atoms with E-state index in [1.807, 2.05) is 13.0 Å². The average molecular weight is 284 g/mol. The fourth-order valence-corrected chi connectivity index (χ4v) is 1.92. The Morgan fingerprint density at radius 3 is 2.71 bits per heavy atom. The van der Waals surface area contributed by atoms with Gasteiger partial charge in [-0.15, -0.1) is 0 Å². The third kappa shape index (κ3) is 3.37. The SMILES string of the molecule is Cc1ccc(C#N)cc1NCc1ccc(C(=O)O)c(F)c1. The molecule has 2 rings (SSSR count). The molecule has 0 atom stereocenters. The number of nitriles is 1. The summed E-state index contributed by atoms with van der Waals surface area (Å²) in [6.45, 7) is 2.24. The lowest BCUT2D eigenvalue weighted by atomic mass is 10.1. The lowest BCUT2D eigenvalue weighted by Crippen LogP contribution is -2.05. The van der Waals surface area contributed by atoms with Gasteiger partial charge in [0.15, 0.2) is 0 Å². The van der Waals surface area contributed by atoms with Crippen molar-refractivity contribution in [3.05, 3.63) is 64.5 Å². The van der Waals surface area contributed by atoms with Crippen molar-refractivity contribution in [3.63, 3.8) is 0 Å². The molecule has 0 heterocycles. The number of halogens is 1. The van der Waals surface area contributed by atoms with Crippen LogP contribution in [-0.2, 0) is 6.54 Å². The molecule has 0 fully saturated rings. The van der Waals surface area contributed by atoms with Crippen molar-refractivity contribution >= 4 is 11.7 Å². The third-order valence-corrected chi connectivity index (χ3v) is 3.11. The van der Waals surface area contributed by atoms with Gasteiger partial charge in [-0.2, -0.15) is 5.26 Å². The van der Waals surface area contributed by atoms with Gasteiger partial charge in [0.1, 0.15) is 5.82 Å². The molecule has 2 aromatic carbocycles. The molecular formula is C16H13FN2O2. The number of carboxylic acids is 1. The van der Waals surface area contributed by atoms with Gasteiger partial charge in [0.25, 0.3) is 0 Å². The lowest BCUT2D eigenvalue weighted by molar-refractivity contribution is 0.0692. The minimum absolute atomic E-state index is 0.340. The van der Waals surface area contributed by atoms with Gasteiger partial charge in [0.2, 0.25) is 0 Å². The first kappa shape index (κ1) is 14.5. The molecule has 4 nitrogen and oxygen atoms in total. The number of nitrogens with one attached hydrogen (secondary N) is 1. The zero-order valence-corrected chi connectivity index (χ0v) is 11.4. The maximum absolute atomic E-state index is 13.6. The molecule has 2 N–H and O–H groups in total. The Morgan fingerprint density at radius 1 is 1.33 bits per heavy atom. The Balaban J connectivity index is 2.15. The highest BCUT2D eigenvalue weighted by atomic mass is 19.1. The first-order valence-corrected chi connectivity index (χ1v) is 6.27. The summed E-state index contributed by atoms with van der Waals surface area (Å²) in [5.74, 6) is -2.05. The van der Waals surface area contributed by atoms with Crippen LogP contribution >= 0.6 is 0 Å². The molecule has 0 radical (unpaired) electrons. The van der Waals surface area contributed by atoms with E-state index in [1.165, 1.54) is 12.1 Å². The molecule has 0 aromatic heterocycles. The van der Waals surface area contributed by atoms with E-state index in [4.69, 9.17) is 10.4 Å². The van der Waals surface area contributed by atoms with Crippen molar-refractivity contribution in [3.8, 4) is 6.07 Å². The second-order valence-electron chi connectivity index (χ2n) is 4.61. The first-order valence-electron chi connectivity index (χ1n) is 6.27. The van der Waals surface area contributed by atoms with Crippen molar-refractivity contribution in [2.24, 2.45) is 0 Å². The van der Waals surface area contributed by atoms with E-state index >= 15 is 0 Å². The van der Waals surface area contributed by atoms with Crippen molar-refractivity contribution in [1.29, 1.82) is 5.26 Å². The van der Waals surface area contributed by atoms with Gasteiger partial charge in [0.05, 0.1) is 17.2 Å². The Morgan fingerprint density at radius 2 is 2.10 bits per heavy atom.